The molecule has 0 fully saturated rings. The van der Waals surface area contributed by atoms with Crippen molar-refractivity contribution in [3.8, 4) is 0 Å². The zero-order chi connectivity index (χ0) is 14.4. The number of hydrogen-bond acceptors (Lipinski definition) is 4. The molecule has 0 radical (unpaired) electrons. The lowest BCUT2D eigenvalue weighted by molar-refractivity contribution is -0.0642. The van der Waals surface area contributed by atoms with Gasteiger partial charge in [0.05, 0.1) is 10.4 Å². The van der Waals surface area contributed by atoms with Crippen molar-refractivity contribution in [2.45, 2.75) is 33.2 Å². The van der Waals surface area contributed by atoms with E-state index in [1.807, 2.05) is 39.8 Å². The van der Waals surface area contributed by atoms with Gasteiger partial charge in [0, 0.05) is 5.92 Å². The van der Waals surface area contributed by atoms with Gasteiger partial charge in [-0.25, -0.2) is 14.8 Å². The SMILES string of the molecule is C[C@H]1C=CC2=C(C1=S)N(N(C(=O)O)C(C)(C)C)CO2. The van der Waals surface area contributed by atoms with E-state index in [2.05, 4.69) is 0 Å². The lowest BCUT2D eigenvalue weighted by Gasteiger charge is -2.40. The van der Waals surface area contributed by atoms with Gasteiger partial charge < -0.3 is 9.84 Å². The van der Waals surface area contributed by atoms with Crippen LogP contribution in [0.1, 0.15) is 27.7 Å². The summed E-state index contributed by atoms with van der Waals surface area (Å²) < 4.78 is 5.54. The van der Waals surface area contributed by atoms with Crippen molar-refractivity contribution in [2.75, 3.05) is 6.73 Å². The second-order valence-electron chi connectivity index (χ2n) is 5.66. The first-order chi connectivity index (χ1) is 8.73. The molecule has 0 spiro atoms. The van der Waals surface area contributed by atoms with E-state index in [-0.39, 0.29) is 12.6 Å². The standard InChI is InChI=1S/C13H18N2O3S/c1-8-5-6-9-10(11(8)19)14(7-18-9)15(12(16)17)13(2,3)4/h5-6,8H,7H2,1-4H3,(H,16,17)/t8-/m0/s1. The van der Waals surface area contributed by atoms with E-state index in [1.54, 1.807) is 5.01 Å². The molecule has 2 rings (SSSR count). The average molecular weight is 282 g/mol. The van der Waals surface area contributed by atoms with E-state index in [1.165, 1.54) is 5.01 Å². The topological polar surface area (TPSA) is 53.0 Å². The first kappa shape index (κ1) is 13.9. The summed E-state index contributed by atoms with van der Waals surface area (Å²) in [5.41, 5.74) is 0.125. The van der Waals surface area contributed by atoms with Crippen LogP contribution >= 0.6 is 12.2 Å². The molecule has 0 saturated carbocycles. The van der Waals surface area contributed by atoms with Gasteiger partial charge in [0.2, 0.25) is 0 Å². The Morgan fingerprint density at radius 1 is 1.58 bits per heavy atom. The molecule has 0 unspecified atom stereocenters. The third-order valence-electron chi connectivity index (χ3n) is 3.08. The Kier molecular flexibility index (Phi) is 3.30. The molecule has 104 valence electrons. The van der Waals surface area contributed by atoms with Crippen LogP contribution < -0.4 is 0 Å². The molecule has 2 aliphatic rings. The fraction of sp³-hybridized carbons (Fsp3) is 0.538. The van der Waals surface area contributed by atoms with E-state index >= 15 is 0 Å². The predicted octanol–water partition coefficient (Wildman–Crippen LogP) is 2.76. The largest absolute Gasteiger partial charge is 0.469 e. The smallest absolute Gasteiger partial charge is 0.426 e. The van der Waals surface area contributed by atoms with Crippen molar-refractivity contribution in [1.29, 1.82) is 0 Å². The molecule has 0 aromatic rings. The van der Waals surface area contributed by atoms with Gasteiger partial charge in [-0.05, 0) is 26.8 Å². The summed E-state index contributed by atoms with van der Waals surface area (Å²) in [4.78, 5) is 12.3. The fourth-order valence-electron chi connectivity index (χ4n) is 2.21. The van der Waals surface area contributed by atoms with Crippen molar-refractivity contribution >= 4 is 23.2 Å². The minimum absolute atomic E-state index is 0.105. The number of ether oxygens (including phenoxy) is 1. The number of rotatable bonds is 1. The summed E-state index contributed by atoms with van der Waals surface area (Å²) in [5.74, 6) is 0.757. The molecule has 0 aromatic heterocycles. The van der Waals surface area contributed by atoms with Crippen molar-refractivity contribution < 1.29 is 14.6 Å². The highest BCUT2D eigenvalue weighted by Gasteiger charge is 2.40. The van der Waals surface area contributed by atoms with Crippen LogP contribution in [0.2, 0.25) is 0 Å². The van der Waals surface area contributed by atoms with Crippen LogP contribution in [0.5, 0.6) is 0 Å². The zero-order valence-electron chi connectivity index (χ0n) is 11.5. The lowest BCUT2D eigenvalue weighted by Crippen LogP contribution is -2.55. The molecule has 1 atom stereocenters. The highest BCUT2D eigenvalue weighted by atomic mass is 32.1. The van der Waals surface area contributed by atoms with Gasteiger partial charge >= 0.3 is 6.09 Å². The molecule has 1 aliphatic carbocycles. The van der Waals surface area contributed by atoms with Crippen LogP contribution in [-0.4, -0.2) is 38.4 Å². The van der Waals surface area contributed by atoms with Gasteiger partial charge in [-0.3, -0.25) is 0 Å². The predicted molar refractivity (Wildman–Crippen MR) is 75.3 cm³/mol. The van der Waals surface area contributed by atoms with Crippen LogP contribution in [0.25, 0.3) is 0 Å². The first-order valence-corrected chi connectivity index (χ1v) is 6.54. The molecule has 1 aliphatic heterocycles. The highest BCUT2D eigenvalue weighted by molar-refractivity contribution is 7.80. The molecule has 5 nitrogen and oxygen atoms in total. The molecule has 1 N–H and O–H groups in total. The van der Waals surface area contributed by atoms with Crippen molar-refractivity contribution in [1.82, 2.24) is 10.0 Å². The Morgan fingerprint density at radius 2 is 2.21 bits per heavy atom. The van der Waals surface area contributed by atoms with Crippen molar-refractivity contribution in [3.05, 3.63) is 23.6 Å². The second kappa shape index (κ2) is 4.52. The second-order valence-corrected chi connectivity index (χ2v) is 6.10. The van der Waals surface area contributed by atoms with E-state index in [9.17, 15) is 9.90 Å². The minimum Gasteiger partial charge on any atom is -0.469 e. The Morgan fingerprint density at radius 3 is 2.74 bits per heavy atom. The molecular weight excluding hydrogens is 264 g/mol. The fourth-order valence-corrected chi connectivity index (χ4v) is 2.50. The maximum Gasteiger partial charge on any atom is 0.426 e. The van der Waals surface area contributed by atoms with E-state index < -0.39 is 11.6 Å². The first-order valence-electron chi connectivity index (χ1n) is 6.13. The Bertz CT molecular complexity index is 491. The summed E-state index contributed by atoms with van der Waals surface area (Å²) in [6.45, 7) is 7.67. The third kappa shape index (κ3) is 2.32. The van der Waals surface area contributed by atoms with E-state index in [0.717, 1.165) is 0 Å². The summed E-state index contributed by atoms with van der Waals surface area (Å²) >= 11 is 5.42. The normalized spacial score (nSPS) is 22.4. The van der Waals surface area contributed by atoms with Crippen LogP contribution in [0.15, 0.2) is 23.6 Å². The van der Waals surface area contributed by atoms with Gasteiger partial charge in [0.15, 0.2) is 6.73 Å². The molecule has 19 heavy (non-hydrogen) atoms. The maximum atomic E-state index is 11.5. The number of hydrogen-bond donors (Lipinski definition) is 1. The number of carboxylic acid groups (broad SMARTS) is 1. The number of carbonyl (C=O) groups is 1. The Balaban J connectivity index is 2.41. The molecule has 1 amide bonds. The summed E-state index contributed by atoms with van der Waals surface area (Å²) in [7, 11) is 0. The summed E-state index contributed by atoms with van der Waals surface area (Å²) in [6, 6.07) is 0. The molecule has 6 heteroatoms. The quantitative estimate of drug-likeness (QED) is 0.749. The molecule has 0 saturated heterocycles. The van der Waals surface area contributed by atoms with Gasteiger partial charge in [0.1, 0.15) is 11.5 Å². The Hall–Kier alpha value is -1.56. The summed E-state index contributed by atoms with van der Waals surface area (Å²) in [5, 5.41) is 12.3. The van der Waals surface area contributed by atoms with Crippen molar-refractivity contribution in [2.24, 2.45) is 5.92 Å². The molecule has 0 aromatic carbocycles. The molecular formula is C13H18N2O3S. The number of hydrazine groups is 1. The van der Waals surface area contributed by atoms with E-state index in [4.69, 9.17) is 17.0 Å². The van der Waals surface area contributed by atoms with Crippen LogP contribution in [0, 0.1) is 5.92 Å². The van der Waals surface area contributed by atoms with Crippen LogP contribution in [0.3, 0.4) is 0 Å². The van der Waals surface area contributed by atoms with E-state index in [0.29, 0.717) is 16.3 Å². The lowest BCUT2D eigenvalue weighted by atomic mass is 9.99. The number of nitrogens with zero attached hydrogens (tertiary/aromatic N) is 2. The van der Waals surface area contributed by atoms with Crippen molar-refractivity contribution in [3.63, 3.8) is 0 Å². The van der Waals surface area contributed by atoms with Crippen LogP contribution in [-0.2, 0) is 4.74 Å². The summed E-state index contributed by atoms with van der Waals surface area (Å²) in [6.07, 6.45) is 2.81. The maximum absolute atomic E-state index is 11.5. The molecule has 1 heterocycles. The minimum atomic E-state index is -1.02. The average Bonchev–Trinajstić information content (AvgIpc) is 2.65. The molecule has 0 bridgehead atoms. The van der Waals surface area contributed by atoms with Gasteiger partial charge in [-0.15, -0.1) is 0 Å². The third-order valence-corrected chi connectivity index (χ3v) is 3.64. The monoisotopic (exact) mass is 282 g/mol. The van der Waals surface area contributed by atoms with Gasteiger partial charge in [-0.1, -0.05) is 25.2 Å². The number of thiocarbonyl (C=S) groups is 1. The Labute approximate surface area is 118 Å². The zero-order valence-corrected chi connectivity index (χ0v) is 12.3. The van der Waals surface area contributed by atoms with Crippen LogP contribution in [0.4, 0.5) is 4.79 Å². The van der Waals surface area contributed by atoms with Gasteiger partial charge in [0.25, 0.3) is 0 Å². The number of allylic oxidation sites excluding steroid dienone is 3. The number of amides is 1. The van der Waals surface area contributed by atoms with Gasteiger partial charge in [-0.2, -0.15) is 0 Å². The highest BCUT2D eigenvalue weighted by Crippen LogP contribution is 2.33.